The molecule has 1 atom stereocenters. The first-order chi connectivity index (χ1) is 8.54. The molecule has 0 saturated heterocycles. The molecule has 0 bridgehead atoms. The van der Waals surface area contributed by atoms with Gasteiger partial charge in [-0.25, -0.2) is 0 Å². The van der Waals surface area contributed by atoms with Crippen molar-refractivity contribution in [1.29, 1.82) is 0 Å². The lowest BCUT2D eigenvalue weighted by molar-refractivity contribution is -0.121. The molecule has 19 heavy (non-hydrogen) atoms. The minimum atomic E-state index is 0. The summed E-state index contributed by atoms with van der Waals surface area (Å²) in [4.78, 5) is 11.6. The minimum absolute atomic E-state index is 0. The van der Waals surface area contributed by atoms with E-state index in [1.165, 1.54) is 5.56 Å². The van der Waals surface area contributed by atoms with E-state index in [4.69, 9.17) is 0 Å². The summed E-state index contributed by atoms with van der Waals surface area (Å²) < 4.78 is 0. The number of hydrogen-bond acceptors (Lipinski definition) is 2. The molecule has 0 aliphatic heterocycles. The summed E-state index contributed by atoms with van der Waals surface area (Å²) in [6.45, 7) is 7.09. The van der Waals surface area contributed by atoms with Gasteiger partial charge in [-0.2, -0.15) is 0 Å². The maximum Gasteiger partial charge on any atom is 0.221 e. The number of amides is 1. The van der Waals surface area contributed by atoms with Crippen molar-refractivity contribution in [2.24, 2.45) is 0 Å². The largest absolute Gasteiger partial charge is 0.350 e. The third kappa shape index (κ3) is 6.08. The Bertz CT molecular complexity index is 376. The van der Waals surface area contributed by atoms with Crippen LogP contribution >= 0.6 is 12.4 Å². The van der Waals surface area contributed by atoms with Crippen LogP contribution in [0.5, 0.6) is 0 Å². The fourth-order valence-corrected chi connectivity index (χ4v) is 1.81. The van der Waals surface area contributed by atoms with Crippen LogP contribution in [0.25, 0.3) is 0 Å². The van der Waals surface area contributed by atoms with Gasteiger partial charge in [-0.3, -0.25) is 4.79 Å². The molecule has 0 spiro atoms. The van der Waals surface area contributed by atoms with Gasteiger partial charge in [0.05, 0.1) is 6.04 Å². The Balaban J connectivity index is 0.00000324. The summed E-state index contributed by atoms with van der Waals surface area (Å²) >= 11 is 0. The van der Waals surface area contributed by atoms with Gasteiger partial charge in [-0.05, 0) is 31.0 Å². The molecule has 0 aromatic heterocycles. The van der Waals surface area contributed by atoms with Crippen LogP contribution in [-0.2, 0) is 4.79 Å². The van der Waals surface area contributed by atoms with E-state index in [2.05, 4.69) is 48.7 Å². The summed E-state index contributed by atoms with van der Waals surface area (Å²) in [5.74, 6) is 0.629. The predicted molar refractivity (Wildman–Crippen MR) is 82.9 cm³/mol. The lowest BCUT2D eigenvalue weighted by Gasteiger charge is -2.15. The number of benzene rings is 1. The van der Waals surface area contributed by atoms with Crippen molar-refractivity contribution in [3.8, 4) is 0 Å². The second kappa shape index (κ2) is 8.94. The quantitative estimate of drug-likeness (QED) is 0.843. The van der Waals surface area contributed by atoms with Crippen LogP contribution in [0.1, 0.15) is 50.3 Å². The molecule has 0 aliphatic carbocycles. The molecule has 0 heterocycles. The molecule has 4 heteroatoms. The van der Waals surface area contributed by atoms with E-state index in [1.54, 1.807) is 0 Å². The molecule has 108 valence electrons. The van der Waals surface area contributed by atoms with Gasteiger partial charge in [-0.15, -0.1) is 12.4 Å². The molecule has 2 N–H and O–H groups in total. The van der Waals surface area contributed by atoms with Crippen molar-refractivity contribution in [1.82, 2.24) is 10.6 Å². The van der Waals surface area contributed by atoms with Crippen molar-refractivity contribution in [3.05, 3.63) is 35.4 Å². The zero-order chi connectivity index (χ0) is 13.5. The fraction of sp³-hybridized carbons (Fsp3) is 0.533. The average molecular weight is 285 g/mol. The monoisotopic (exact) mass is 284 g/mol. The minimum Gasteiger partial charge on any atom is -0.350 e. The number of rotatable bonds is 6. The Morgan fingerprint density at radius 3 is 2.11 bits per heavy atom. The maximum absolute atomic E-state index is 11.6. The van der Waals surface area contributed by atoms with Gasteiger partial charge >= 0.3 is 0 Å². The normalized spacial score (nSPS) is 11.8. The van der Waals surface area contributed by atoms with Gasteiger partial charge in [-0.1, -0.05) is 38.1 Å². The van der Waals surface area contributed by atoms with E-state index in [0.29, 0.717) is 18.9 Å². The van der Waals surface area contributed by atoms with Gasteiger partial charge in [0.2, 0.25) is 5.91 Å². The Hall–Kier alpha value is -1.06. The Labute approximate surface area is 122 Å². The third-order valence-electron chi connectivity index (χ3n) is 3.08. The summed E-state index contributed by atoms with van der Waals surface area (Å²) in [5, 5.41) is 5.97. The lowest BCUT2D eigenvalue weighted by atomic mass is 9.99. The Morgan fingerprint density at radius 2 is 1.63 bits per heavy atom. The highest BCUT2D eigenvalue weighted by molar-refractivity contribution is 5.85. The molecule has 1 aromatic rings. The highest BCUT2D eigenvalue weighted by atomic mass is 35.5. The smallest absolute Gasteiger partial charge is 0.221 e. The van der Waals surface area contributed by atoms with E-state index >= 15 is 0 Å². The van der Waals surface area contributed by atoms with Crippen LogP contribution in [-0.4, -0.2) is 19.5 Å². The number of hydrogen-bond donors (Lipinski definition) is 2. The molecule has 1 unspecified atom stereocenters. The first-order valence-corrected chi connectivity index (χ1v) is 6.58. The molecule has 1 amide bonds. The van der Waals surface area contributed by atoms with E-state index in [-0.39, 0.29) is 24.4 Å². The van der Waals surface area contributed by atoms with Gasteiger partial charge in [0.1, 0.15) is 0 Å². The fourth-order valence-electron chi connectivity index (χ4n) is 1.81. The number of carbonyl (C=O) groups is 1. The highest BCUT2D eigenvalue weighted by Crippen LogP contribution is 2.18. The van der Waals surface area contributed by atoms with Crippen molar-refractivity contribution >= 4 is 18.3 Å². The van der Waals surface area contributed by atoms with Crippen LogP contribution in [0.4, 0.5) is 0 Å². The van der Waals surface area contributed by atoms with E-state index in [1.807, 2.05) is 14.0 Å². The van der Waals surface area contributed by atoms with Crippen molar-refractivity contribution in [2.75, 3.05) is 13.6 Å². The molecule has 3 nitrogen and oxygen atoms in total. The van der Waals surface area contributed by atoms with Crippen molar-refractivity contribution in [3.63, 3.8) is 0 Å². The van der Waals surface area contributed by atoms with Gasteiger partial charge in [0.15, 0.2) is 0 Å². The second-order valence-corrected chi connectivity index (χ2v) is 4.96. The van der Waals surface area contributed by atoms with Gasteiger partial charge in [0.25, 0.3) is 0 Å². The SMILES string of the molecule is CNCCC(=O)NC(C)c1ccc(C(C)C)cc1.Cl. The summed E-state index contributed by atoms with van der Waals surface area (Å²) in [7, 11) is 1.85. The molecular formula is C15H25ClN2O. The molecular weight excluding hydrogens is 260 g/mol. The first kappa shape index (κ1) is 17.9. The maximum atomic E-state index is 11.6. The van der Waals surface area contributed by atoms with Gasteiger partial charge in [0, 0.05) is 13.0 Å². The lowest BCUT2D eigenvalue weighted by Crippen LogP contribution is -2.29. The van der Waals surface area contributed by atoms with Crippen LogP contribution in [0.2, 0.25) is 0 Å². The standard InChI is InChI=1S/C15H24N2O.ClH/c1-11(2)13-5-7-14(8-6-13)12(3)17-15(18)9-10-16-4;/h5-8,11-12,16H,9-10H2,1-4H3,(H,17,18);1H. The van der Waals surface area contributed by atoms with E-state index in [0.717, 1.165) is 5.56 Å². The zero-order valence-corrected chi connectivity index (χ0v) is 13.0. The van der Waals surface area contributed by atoms with Gasteiger partial charge < -0.3 is 10.6 Å². The van der Waals surface area contributed by atoms with Crippen LogP contribution in [0, 0.1) is 0 Å². The average Bonchev–Trinajstić information content (AvgIpc) is 2.36. The topological polar surface area (TPSA) is 41.1 Å². The predicted octanol–water partition coefficient (Wildman–Crippen LogP) is 3.02. The van der Waals surface area contributed by atoms with Crippen LogP contribution < -0.4 is 10.6 Å². The van der Waals surface area contributed by atoms with E-state index in [9.17, 15) is 4.79 Å². The molecule has 0 saturated carbocycles. The highest BCUT2D eigenvalue weighted by Gasteiger charge is 2.09. The third-order valence-corrected chi connectivity index (χ3v) is 3.08. The molecule has 0 radical (unpaired) electrons. The summed E-state index contributed by atoms with van der Waals surface area (Å²) in [6, 6.07) is 8.53. The van der Waals surface area contributed by atoms with E-state index < -0.39 is 0 Å². The van der Waals surface area contributed by atoms with Crippen LogP contribution in [0.3, 0.4) is 0 Å². The molecule has 0 aliphatic rings. The Morgan fingerprint density at radius 1 is 1.11 bits per heavy atom. The second-order valence-electron chi connectivity index (χ2n) is 4.96. The summed E-state index contributed by atoms with van der Waals surface area (Å²) in [5.41, 5.74) is 2.48. The van der Waals surface area contributed by atoms with Crippen molar-refractivity contribution < 1.29 is 4.79 Å². The molecule has 0 fully saturated rings. The number of nitrogens with one attached hydrogen (secondary N) is 2. The first-order valence-electron chi connectivity index (χ1n) is 6.58. The van der Waals surface area contributed by atoms with Crippen LogP contribution in [0.15, 0.2) is 24.3 Å². The molecule has 1 aromatic carbocycles. The zero-order valence-electron chi connectivity index (χ0n) is 12.2. The number of carbonyl (C=O) groups excluding carboxylic acids is 1. The summed E-state index contributed by atoms with van der Waals surface area (Å²) in [6.07, 6.45) is 0.519. The molecule has 1 rings (SSSR count). The van der Waals surface area contributed by atoms with Crippen molar-refractivity contribution in [2.45, 2.75) is 39.2 Å². The Kier molecular flexibility index (Phi) is 8.44. The number of halogens is 1.